The molecule has 9 heteroatoms. The molecule has 0 radical (unpaired) electrons. The molecule has 0 spiro atoms. The van der Waals surface area contributed by atoms with Gasteiger partial charge in [0.1, 0.15) is 4.90 Å². The van der Waals surface area contributed by atoms with E-state index in [0.29, 0.717) is 6.54 Å². The number of nitrogens with zero attached hydrogens (tertiary/aromatic N) is 1. The number of fused-ring (bicyclic) bond motifs is 1. The second-order valence-electron chi connectivity index (χ2n) is 7.12. The van der Waals surface area contributed by atoms with Crippen LogP contribution < -0.4 is 10.5 Å². The van der Waals surface area contributed by atoms with Crippen molar-refractivity contribution >= 4 is 32.3 Å². The summed E-state index contributed by atoms with van der Waals surface area (Å²) in [6.07, 6.45) is 1.94. The fourth-order valence-corrected chi connectivity index (χ4v) is 4.42. The number of aromatic amines is 1. The van der Waals surface area contributed by atoms with Gasteiger partial charge in [-0.2, -0.15) is 0 Å². The topological polar surface area (TPSA) is 131 Å². The summed E-state index contributed by atoms with van der Waals surface area (Å²) in [6, 6.07) is 21.3. The van der Waals surface area contributed by atoms with Crippen LogP contribution in [0.4, 0.5) is 11.4 Å². The number of non-ortho nitro benzene ring substituents is 1. The van der Waals surface area contributed by atoms with Crippen LogP contribution in [0.3, 0.4) is 0 Å². The van der Waals surface area contributed by atoms with Crippen LogP contribution in [-0.2, 0) is 10.0 Å². The lowest BCUT2D eigenvalue weighted by atomic mass is 9.91. The van der Waals surface area contributed by atoms with Crippen molar-refractivity contribution in [2.24, 2.45) is 5.14 Å². The van der Waals surface area contributed by atoms with Crippen molar-refractivity contribution in [2.45, 2.75) is 10.8 Å². The Hall–Kier alpha value is -3.69. The molecular weight excluding hydrogens is 416 g/mol. The van der Waals surface area contributed by atoms with Gasteiger partial charge in [0.15, 0.2) is 0 Å². The summed E-state index contributed by atoms with van der Waals surface area (Å²) in [7, 11) is -4.16. The van der Waals surface area contributed by atoms with Gasteiger partial charge in [-0.05, 0) is 23.3 Å². The van der Waals surface area contributed by atoms with Crippen molar-refractivity contribution in [3.8, 4) is 0 Å². The minimum Gasteiger partial charge on any atom is -0.383 e. The molecule has 1 unspecified atom stereocenters. The molecule has 1 heterocycles. The number of anilines is 1. The number of rotatable bonds is 7. The van der Waals surface area contributed by atoms with E-state index in [9.17, 15) is 18.5 Å². The Labute approximate surface area is 178 Å². The lowest BCUT2D eigenvalue weighted by Crippen LogP contribution is -2.18. The second kappa shape index (κ2) is 8.21. The zero-order chi connectivity index (χ0) is 22.0. The van der Waals surface area contributed by atoms with Gasteiger partial charge < -0.3 is 10.3 Å². The first-order chi connectivity index (χ1) is 14.8. The van der Waals surface area contributed by atoms with Crippen molar-refractivity contribution in [2.75, 3.05) is 11.9 Å². The standard InChI is InChI=1S/C22H20N4O4S/c23-31(29,30)22-12-16(26(27)28)10-11-21(22)25-13-18(15-6-2-1-3-7-15)19-14-24-20-9-5-4-8-17(19)20/h1-12,14,18,24-25H,13H2,(H2,23,29,30). The van der Waals surface area contributed by atoms with Gasteiger partial charge in [-0.3, -0.25) is 10.1 Å². The Bertz CT molecular complexity index is 1350. The third kappa shape index (κ3) is 4.27. The van der Waals surface area contributed by atoms with Crippen LogP contribution in [0.1, 0.15) is 17.0 Å². The van der Waals surface area contributed by atoms with E-state index in [1.54, 1.807) is 0 Å². The number of para-hydroxylation sites is 1. The lowest BCUT2D eigenvalue weighted by molar-refractivity contribution is -0.385. The van der Waals surface area contributed by atoms with Crippen LogP contribution in [0.15, 0.2) is 83.9 Å². The molecule has 3 aromatic carbocycles. The molecule has 1 atom stereocenters. The maximum Gasteiger partial charge on any atom is 0.270 e. The van der Waals surface area contributed by atoms with Crippen molar-refractivity contribution in [1.29, 1.82) is 0 Å². The van der Waals surface area contributed by atoms with E-state index in [0.717, 1.165) is 28.1 Å². The molecule has 0 fully saturated rings. The molecule has 158 valence electrons. The molecule has 0 amide bonds. The second-order valence-corrected chi connectivity index (χ2v) is 8.65. The van der Waals surface area contributed by atoms with Gasteiger partial charge in [-0.1, -0.05) is 48.5 Å². The van der Waals surface area contributed by atoms with Gasteiger partial charge in [0.05, 0.1) is 10.6 Å². The molecule has 4 N–H and O–H groups in total. The molecular formula is C22H20N4O4S. The van der Waals surface area contributed by atoms with E-state index in [1.165, 1.54) is 12.1 Å². The molecule has 4 rings (SSSR count). The van der Waals surface area contributed by atoms with E-state index in [-0.39, 0.29) is 22.2 Å². The zero-order valence-corrected chi connectivity index (χ0v) is 17.2. The van der Waals surface area contributed by atoms with Gasteiger partial charge in [0, 0.05) is 41.7 Å². The number of hydrogen-bond donors (Lipinski definition) is 3. The first-order valence-corrected chi connectivity index (χ1v) is 11.1. The monoisotopic (exact) mass is 436 g/mol. The fraction of sp³-hybridized carbons (Fsp3) is 0.0909. The smallest absolute Gasteiger partial charge is 0.270 e. The van der Waals surface area contributed by atoms with Crippen molar-refractivity contribution in [3.63, 3.8) is 0 Å². The van der Waals surface area contributed by atoms with E-state index in [2.05, 4.69) is 10.3 Å². The number of nitro groups is 1. The molecule has 0 aliphatic carbocycles. The summed E-state index contributed by atoms with van der Waals surface area (Å²) in [4.78, 5) is 13.4. The largest absolute Gasteiger partial charge is 0.383 e. The van der Waals surface area contributed by atoms with E-state index in [1.807, 2.05) is 60.8 Å². The highest BCUT2D eigenvalue weighted by Gasteiger charge is 2.22. The van der Waals surface area contributed by atoms with Gasteiger partial charge >= 0.3 is 0 Å². The van der Waals surface area contributed by atoms with Gasteiger partial charge in [-0.15, -0.1) is 0 Å². The molecule has 0 saturated carbocycles. The molecule has 4 aromatic rings. The number of primary sulfonamides is 1. The number of benzene rings is 3. The van der Waals surface area contributed by atoms with Crippen LogP contribution in [0.5, 0.6) is 0 Å². The van der Waals surface area contributed by atoms with Crippen LogP contribution in [0, 0.1) is 10.1 Å². The highest BCUT2D eigenvalue weighted by Crippen LogP contribution is 2.32. The van der Waals surface area contributed by atoms with Crippen molar-refractivity contribution < 1.29 is 13.3 Å². The highest BCUT2D eigenvalue weighted by molar-refractivity contribution is 7.89. The normalized spacial score (nSPS) is 12.5. The predicted molar refractivity (Wildman–Crippen MR) is 120 cm³/mol. The first-order valence-electron chi connectivity index (χ1n) is 9.50. The maximum atomic E-state index is 12.1. The van der Waals surface area contributed by atoms with E-state index < -0.39 is 14.9 Å². The summed E-state index contributed by atoms with van der Waals surface area (Å²) in [5, 5.41) is 20.6. The number of aromatic nitrogens is 1. The van der Waals surface area contributed by atoms with Crippen LogP contribution in [-0.4, -0.2) is 24.9 Å². The van der Waals surface area contributed by atoms with Gasteiger partial charge in [0.2, 0.25) is 10.0 Å². The van der Waals surface area contributed by atoms with Crippen LogP contribution in [0.25, 0.3) is 10.9 Å². The number of H-pyrrole nitrogens is 1. The number of nitrogens with two attached hydrogens (primary N) is 1. The van der Waals surface area contributed by atoms with Crippen molar-refractivity contribution in [3.05, 3.63) is 100 Å². The maximum absolute atomic E-state index is 12.1. The third-order valence-corrected chi connectivity index (χ3v) is 6.13. The first kappa shape index (κ1) is 20.6. The predicted octanol–water partition coefficient (Wildman–Crippen LogP) is 3.97. The quantitative estimate of drug-likeness (QED) is 0.298. The molecule has 1 aromatic heterocycles. The number of sulfonamides is 1. The Morgan fingerprint density at radius 3 is 2.45 bits per heavy atom. The minimum absolute atomic E-state index is 0.110. The number of nitro benzene ring substituents is 1. The molecule has 0 aliphatic heterocycles. The minimum atomic E-state index is -4.16. The van der Waals surface area contributed by atoms with Gasteiger partial charge in [0.25, 0.3) is 5.69 Å². The molecule has 0 bridgehead atoms. The van der Waals surface area contributed by atoms with E-state index >= 15 is 0 Å². The summed E-state index contributed by atoms with van der Waals surface area (Å²) in [5.41, 5.74) is 2.96. The number of nitrogens with one attached hydrogen (secondary N) is 2. The Morgan fingerprint density at radius 2 is 1.74 bits per heavy atom. The third-order valence-electron chi connectivity index (χ3n) is 5.18. The summed E-state index contributed by atoms with van der Waals surface area (Å²) in [5.74, 6) is -0.110. The summed E-state index contributed by atoms with van der Waals surface area (Å²) in [6.45, 7) is 0.353. The zero-order valence-electron chi connectivity index (χ0n) is 16.4. The molecule has 31 heavy (non-hydrogen) atoms. The average Bonchev–Trinajstić information content (AvgIpc) is 3.18. The number of hydrogen-bond acceptors (Lipinski definition) is 5. The van der Waals surface area contributed by atoms with Crippen LogP contribution in [0.2, 0.25) is 0 Å². The Balaban J connectivity index is 1.74. The average molecular weight is 436 g/mol. The Kier molecular flexibility index (Phi) is 5.45. The Morgan fingerprint density at radius 1 is 1.03 bits per heavy atom. The van der Waals surface area contributed by atoms with E-state index in [4.69, 9.17) is 5.14 Å². The van der Waals surface area contributed by atoms with Crippen LogP contribution >= 0.6 is 0 Å². The van der Waals surface area contributed by atoms with Gasteiger partial charge in [-0.25, -0.2) is 13.6 Å². The summed E-state index contributed by atoms with van der Waals surface area (Å²) < 4.78 is 24.1. The summed E-state index contributed by atoms with van der Waals surface area (Å²) >= 11 is 0. The highest BCUT2D eigenvalue weighted by atomic mass is 32.2. The lowest BCUT2D eigenvalue weighted by Gasteiger charge is -2.20. The fourth-order valence-electron chi connectivity index (χ4n) is 3.69. The SMILES string of the molecule is NS(=O)(=O)c1cc([N+](=O)[O-])ccc1NCC(c1ccccc1)c1c[nH]c2ccccc12. The van der Waals surface area contributed by atoms with Crippen molar-refractivity contribution in [1.82, 2.24) is 4.98 Å². The molecule has 0 saturated heterocycles. The molecule has 0 aliphatic rings. The molecule has 8 nitrogen and oxygen atoms in total.